The number of carbonyl (C=O) groups excluding carboxylic acids is 1. The van der Waals surface area contributed by atoms with Crippen LogP contribution in [-0.2, 0) is 7.05 Å². The zero-order valence-corrected chi connectivity index (χ0v) is 16.3. The highest BCUT2D eigenvalue weighted by molar-refractivity contribution is 6.04. The monoisotopic (exact) mass is 362 g/mol. The number of aromatic nitrogens is 1. The minimum absolute atomic E-state index is 0.0767. The second-order valence-corrected chi connectivity index (χ2v) is 8.07. The summed E-state index contributed by atoms with van der Waals surface area (Å²) in [5.74, 6) is -0.0767. The van der Waals surface area contributed by atoms with Gasteiger partial charge in [0.2, 0.25) is 0 Å². The van der Waals surface area contributed by atoms with Gasteiger partial charge in [-0.2, -0.15) is 0 Å². The molecule has 0 aromatic heterocycles. The molecule has 1 fully saturated rings. The Hall–Kier alpha value is -2.46. The zero-order chi connectivity index (χ0) is 19.2. The van der Waals surface area contributed by atoms with E-state index in [9.17, 15) is 9.59 Å². The number of rotatable bonds is 3. The SMILES string of the molecule is Cn1c2ccc(C(=O)C(C)(C)N3CCCCC3)c(=O)c-2cc2ccccc21. The van der Waals surface area contributed by atoms with E-state index in [-0.39, 0.29) is 11.2 Å². The molecule has 140 valence electrons. The van der Waals surface area contributed by atoms with E-state index in [1.54, 1.807) is 6.07 Å². The molecule has 3 aliphatic rings. The Balaban J connectivity index is 1.84. The average molecular weight is 362 g/mol. The van der Waals surface area contributed by atoms with Gasteiger partial charge in [0.05, 0.1) is 16.8 Å². The van der Waals surface area contributed by atoms with Crippen LogP contribution in [0.2, 0.25) is 0 Å². The molecular formula is C23H26N2O2. The van der Waals surface area contributed by atoms with Gasteiger partial charge in [-0.1, -0.05) is 24.6 Å². The van der Waals surface area contributed by atoms with Crippen LogP contribution in [0.3, 0.4) is 0 Å². The van der Waals surface area contributed by atoms with Crippen LogP contribution < -0.4 is 5.43 Å². The smallest absolute Gasteiger partial charge is 0.198 e. The standard InChI is InChI=1S/C23H26N2O2/c1-23(2,25-13-7-4-8-14-25)22(27)17-11-12-20-18(21(17)26)15-16-9-5-6-10-19(16)24(20)3/h5-6,9-12,15H,4,7-8,13-14H2,1-3H3. The molecule has 4 heteroatoms. The first-order valence-electron chi connectivity index (χ1n) is 9.72. The van der Waals surface area contributed by atoms with Crippen LogP contribution in [-0.4, -0.2) is 33.9 Å². The molecule has 0 saturated carbocycles. The number of ketones is 1. The third kappa shape index (κ3) is 2.88. The van der Waals surface area contributed by atoms with Gasteiger partial charge in [-0.05, 0) is 69.4 Å². The number of carbonyl (C=O) groups is 1. The van der Waals surface area contributed by atoms with Crippen molar-refractivity contribution in [1.82, 2.24) is 9.47 Å². The molecule has 2 heterocycles. The van der Waals surface area contributed by atoms with Gasteiger partial charge in [-0.3, -0.25) is 14.5 Å². The minimum Gasteiger partial charge on any atom is -0.344 e. The van der Waals surface area contributed by atoms with Gasteiger partial charge in [0.25, 0.3) is 0 Å². The van der Waals surface area contributed by atoms with Crippen molar-refractivity contribution >= 4 is 16.7 Å². The van der Waals surface area contributed by atoms with Crippen molar-refractivity contribution in [2.24, 2.45) is 7.05 Å². The molecule has 0 bridgehead atoms. The Labute approximate surface area is 159 Å². The first-order chi connectivity index (χ1) is 12.9. The fourth-order valence-electron chi connectivity index (χ4n) is 4.33. The van der Waals surface area contributed by atoms with Gasteiger partial charge in [-0.15, -0.1) is 0 Å². The number of benzene rings is 2. The first-order valence-corrected chi connectivity index (χ1v) is 9.72. The summed E-state index contributed by atoms with van der Waals surface area (Å²) in [5, 5.41) is 1.00. The van der Waals surface area contributed by atoms with Gasteiger partial charge >= 0.3 is 0 Å². The van der Waals surface area contributed by atoms with Gasteiger partial charge in [0.15, 0.2) is 11.2 Å². The zero-order valence-electron chi connectivity index (χ0n) is 16.3. The molecule has 1 aliphatic carbocycles. The second kappa shape index (κ2) is 6.61. The maximum atomic E-state index is 13.3. The molecule has 4 rings (SSSR count). The third-order valence-electron chi connectivity index (χ3n) is 6.08. The Morgan fingerprint density at radius 1 is 1.00 bits per heavy atom. The fourth-order valence-corrected chi connectivity index (χ4v) is 4.33. The van der Waals surface area contributed by atoms with Gasteiger partial charge in [0.1, 0.15) is 0 Å². The molecule has 0 radical (unpaired) electrons. The molecule has 0 spiro atoms. The van der Waals surface area contributed by atoms with Crippen LogP contribution >= 0.6 is 0 Å². The molecule has 2 aliphatic heterocycles. The highest BCUT2D eigenvalue weighted by atomic mass is 16.1. The summed E-state index contributed by atoms with van der Waals surface area (Å²) in [4.78, 5) is 28.8. The maximum Gasteiger partial charge on any atom is 0.198 e. The Kier molecular flexibility index (Phi) is 4.39. The quantitative estimate of drug-likeness (QED) is 0.521. The van der Waals surface area contributed by atoms with Crippen LogP contribution in [0.1, 0.15) is 43.5 Å². The van der Waals surface area contributed by atoms with E-state index >= 15 is 0 Å². The molecule has 0 amide bonds. The number of fused-ring (bicyclic) bond motifs is 2. The van der Waals surface area contributed by atoms with Crippen LogP contribution in [0.4, 0.5) is 0 Å². The van der Waals surface area contributed by atoms with Crippen LogP contribution in [0.25, 0.3) is 22.2 Å². The molecular weight excluding hydrogens is 336 g/mol. The number of hydrogen-bond donors (Lipinski definition) is 0. The van der Waals surface area contributed by atoms with E-state index in [0.29, 0.717) is 11.1 Å². The van der Waals surface area contributed by atoms with Gasteiger partial charge in [0, 0.05) is 18.1 Å². The van der Waals surface area contributed by atoms with Crippen molar-refractivity contribution in [3.05, 3.63) is 58.3 Å². The molecule has 0 atom stereocenters. The van der Waals surface area contributed by atoms with Crippen LogP contribution in [0, 0.1) is 0 Å². The molecule has 27 heavy (non-hydrogen) atoms. The van der Waals surface area contributed by atoms with Crippen molar-refractivity contribution < 1.29 is 4.79 Å². The summed E-state index contributed by atoms with van der Waals surface area (Å²) in [6, 6.07) is 13.5. The average Bonchev–Trinajstić information content (AvgIpc) is 2.69. The summed E-state index contributed by atoms with van der Waals surface area (Å²) >= 11 is 0. The molecule has 4 nitrogen and oxygen atoms in total. The third-order valence-corrected chi connectivity index (χ3v) is 6.08. The summed E-state index contributed by atoms with van der Waals surface area (Å²) in [6.45, 7) is 5.73. The van der Waals surface area contributed by atoms with Crippen molar-refractivity contribution in [2.75, 3.05) is 13.1 Å². The van der Waals surface area contributed by atoms with E-state index in [2.05, 4.69) is 4.90 Å². The lowest BCUT2D eigenvalue weighted by Crippen LogP contribution is -2.53. The number of pyridine rings is 1. The van der Waals surface area contributed by atoms with E-state index in [1.807, 2.05) is 61.9 Å². The predicted molar refractivity (Wildman–Crippen MR) is 110 cm³/mol. The highest BCUT2D eigenvalue weighted by Crippen LogP contribution is 2.28. The molecule has 0 N–H and O–H groups in total. The lowest BCUT2D eigenvalue weighted by atomic mass is 9.87. The van der Waals surface area contributed by atoms with Crippen LogP contribution in [0.5, 0.6) is 0 Å². The van der Waals surface area contributed by atoms with Gasteiger partial charge < -0.3 is 4.57 Å². The van der Waals surface area contributed by atoms with E-state index in [4.69, 9.17) is 0 Å². The van der Waals surface area contributed by atoms with E-state index in [1.165, 1.54) is 6.42 Å². The highest BCUT2D eigenvalue weighted by Gasteiger charge is 2.37. The fraction of sp³-hybridized carbons (Fsp3) is 0.391. The van der Waals surface area contributed by atoms with Crippen molar-refractivity contribution in [3.63, 3.8) is 0 Å². The number of likely N-dealkylation sites (tertiary alicyclic amines) is 1. The lowest BCUT2D eigenvalue weighted by molar-refractivity contribution is 0.0578. The number of aryl methyl sites for hydroxylation is 1. The van der Waals surface area contributed by atoms with E-state index < -0.39 is 5.54 Å². The largest absolute Gasteiger partial charge is 0.344 e. The Morgan fingerprint density at radius 3 is 2.44 bits per heavy atom. The molecule has 1 aromatic carbocycles. The lowest BCUT2D eigenvalue weighted by Gasteiger charge is -2.39. The van der Waals surface area contributed by atoms with E-state index in [0.717, 1.165) is 42.5 Å². The number of hydrogen-bond acceptors (Lipinski definition) is 3. The van der Waals surface area contributed by atoms with Gasteiger partial charge in [-0.25, -0.2) is 0 Å². The molecule has 0 unspecified atom stereocenters. The van der Waals surface area contributed by atoms with Crippen LogP contribution in [0.15, 0.2) is 47.3 Å². The summed E-state index contributed by atoms with van der Waals surface area (Å²) in [7, 11) is 1.96. The molecule has 1 aromatic rings. The predicted octanol–water partition coefficient (Wildman–Crippen LogP) is 4.09. The Bertz CT molecular complexity index is 1040. The minimum atomic E-state index is -0.660. The summed E-state index contributed by atoms with van der Waals surface area (Å²) in [5.41, 5.74) is 2.00. The summed E-state index contributed by atoms with van der Waals surface area (Å²) in [6.07, 6.45) is 3.44. The number of piperidine rings is 1. The normalized spacial score (nSPS) is 16.1. The van der Waals surface area contributed by atoms with Crippen molar-refractivity contribution in [1.29, 1.82) is 0 Å². The second-order valence-electron chi connectivity index (χ2n) is 8.07. The van der Waals surface area contributed by atoms with Crippen molar-refractivity contribution in [2.45, 2.75) is 38.6 Å². The number of para-hydroxylation sites is 1. The Morgan fingerprint density at radius 2 is 1.70 bits per heavy atom. The number of nitrogens with zero attached hydrogens (tertiary/aromatic N) is 2. The summed E-state index contributed by atoms with van der Waals surface area (Å²) < 4.78 is 2.02. The van der Waals surface area contributed by atoms with Crippen molar-refractivity contribution in [3.8, 4) is 11.3 Å². The first kappa shape index (κ1) is 17.9. The maximum absolute atomic E-state index is 13.3. The molecule has 1 saturated heterocycles. The number of Topliss-reactive ketones (excluding diaryl/α,β-unsaturated/α-hetero) is 1. The topological polar surface area (TPSA) is 42.3 Å².